The number of ether oxygens (including phenoxy) is 1. The fourth-order valence-electron chi connectivity index (χ4n) is 2.87. The van der Waals surface area contributed by atoms with Crippen LogP contribution in [0.5, 0.6) is 5.75 Å². The highest BCUT2D eigenvalue weighted by molar-refractivity contribution is 5.38. The van der Waals surface area contributed by atoms with Crippen molar-refractivity contribution in [2.75, 3.05) is 6.61 Å². The lowest BCUT2D eigenvalue weighted by atomic mass is 9.86. The summed E-state index contributed by atoms with van der Waals surface area (Å²) < 4.78 is 11.0. The smallest absolute Gasteiger partial charge is 0.122 e. The second-order valence-electron chi connectivity index (χ2n) is 5.15. The molecular formula is C16H19NO2. The molecule has 0 fully saturated rings. The van der Waals surface area contributed by atoms with Crippen LogP contribution in [0.3, 0.4) is 0 Å². The lowest BCUT2D eigenvalue weighted by Crippen LogP contribution is -2.20. The number of hydrogen-bond donors (Lipinski definition) is 1. The number of furan rings is 1. The molecule has 0 radical (unpaired) electrons. The molecule has 2 heterocycles. The van der Waals surface area contributed by atoms with Crippen LogP contribution < -0.4 is 10.5 Å². The first kappa shape index (κ1) is 12.3. The zero-order valence-electron chi connectivity index (χ0n) is 11.1. The normalized spacial score (nSPS) is 19.6. The van der Waals surface area contributed by atoms with Crippen molar-refractivity contribution in [1.29, 1.82) is 0 Å². The lowest BCUT2D eigenvalue weighted by molar-refractivity contribution is 0.259. The third-order valence-corrected chi connectivity index (χ3v) is 3.92. The number of aryl methyl sites for hydroxylation is 1. The quantitative estimate of drug-likeness (QED) is 0.914. The first-order valence-electron chi connectivity index (χ1n) is 6.77. The zero-order valence-corrected chi connectivity index (χ0v) is 11.1. The monoisotopic (exact) mass is 257 g/mol. The van der Waals surface area contributed by atoms with Crippen molar-refractivity contribution in [2.45, 2.75) is 31.7 Å². The molecule has 2 aromatic rings. The van der Waals surface area contributed by atoms with E-state index in [-0.39, 0.29) is 6.04 Å². The van der Waals surface area contributed by atoms with Gasteiger partial charge >= 0.3 is 0 Å². The molecule has 0 bridgehead atoms. The minimum Gasteiger partial charge on any atom is -0.493 e. The summed E-state index contributed by atoms with van der Waals surface area (Å²) in [5.41, 5.74) is 8.72. The molecule has 1 aromatic heterocycles. The van der Waals surface area contributed by atoms with Crippen molar-refractivity contribution in [3.63, 3.8) is 0 Å². The fourth-order valence-corrected chi connectivity index (χ4v) is 2.87. The Bertz CT molecular complexity index is 561. The molecular weight excluding hydrogens is 238 g/mol. The van der Waals surface area contributed by atoms with E-state index in [1.54, 1.807) is 6.26 Å². The first-order chi connectivity index (χ1) is 9.25. The summed E-state index contributed by atoms with van der Waals surface area (Å²) in [5.74, 6) is 2.40. The molecule has 2 N–H and O–H groups in total. The molecule has 1 aromatic carbocycles. The van der Waals surface area contributed by atoms with E-state index in [1.807, 2.05) is 25.1 Å². The van der Waals surface area contributed by atoms with Crippen LogP contribution in [0.4, 0.5) is 0 Å². The molecule has 0 saturated heterocycles. The average molecular weight is 257 g/mol. The van der Waals surface area contributed by atoms with E-state index in [9.17, 15) is 0 Å². The van der Waals surface area contributed by atoms with Crippen molar-refractivity contribution < 1.29 is 9.15 Å². The minimum atomic E-state index is 0.0231. The maximum absolute atomic E-state index is 6.33. The Labute approximate surface area is 113 Å². The van der Waals surface area contributed by atoms with Gasteiger partial charge in [0.25, 0.3) is 0 Å². The second-order valence-corrected chi connectivity index (χ2v) is 5.15. The Hall–Kier alpha value is -1.74. The predicted octanol–water partition coefficient (Wildman–Crippen LogP) is 3.54. The van der Waals surface area contributed by atoms with Gasteiger partial charge in [0.2, 0.25) is 0 Å². The van der Waals surface area contributed by atoms with Gasteiger partial charge in [-0.15, -0.1) is 0 Å². The summed E-state index contributed by atoms with van der Waals surface area (Å²) >= 11 is 0. The molecule has 1 aliphatic rings. The van der Waals surface area contributed by atoms with E-state index in [1.165, 1.54) is 5.56 Å². The fraction of sp³-hybridized carbons (Fsp3) is 0.375. The Morgan fingerprint density at radius 2 is 2.16 bits per heavy atom. The highest BCUT2D eigenvalue weighted by Crippen LogP contribution is 2.38. The van der Waals surface area contributed by atoms with Crippen LogP contribution in [0, 0.1) is 6.92 Å². The third kappa shape index (κ3) is 2.38. The number of nitrogens with two attached hydrogens (primary N) is 1. The van der Waals surface area contributed by atoms with Gasteiger partial charge in [-0.3, -0.25) is 0 Å². The first-order valence-corrected chi connectivity index (χ1v) is 6.77. The van der Waals surface area contributed by atoms with Crippen molar-refractivity contribution >= 4 is 0 Å². The molecule has 100 valence electrons. The highest BCUT2D eigenvalue weighted by Gasteiger charge is 2.24. The number of fused-ring (bicyclic) bond motifs is 1. The van der Waals surface area contributed by atoms with Crippen LogP contribution in [0.15, 0.2) is 41.0 Å². The topological polar surface area (TPSA) is 48.4 Å². The van der Waals surface area contributed by atoms with Crippen molar-refractivity contribution in [1.82, 2.24) is 0 Å². The van der Waals surface area contributed by atoms with Gasteiger partial charge in [0.05, 0.1) is 12.9 Å². The van der Waals surface area contributed by atoms with Crippen LogP contribution in [-0.4, -0.2) is 6.61 Å². The molecule has 19 heavy (non-hydrogen) atoms. The minimum absolute atomic E-state index is 0.0231. The Morgan fingerprint density at radius 1 is 1.32 bits per heavy atom. The number of rotatable bonds is 3. The summed E-state index contributed by atoms with van der Waals surface area (Å²) in [7, 11) is 0. The number of benzene rings is 1. The van der Waals surface area contributed by atoms with Gasteiger partial charge in [-0.2, -0.15) is 0 Å². The van der Waals surface area contributed by atoms with Gasteiger partial charge in [-0.1, -0.05) is 18.2 Å². The summed E-state index contributed by atoms with van der Waals surface area (Å²) in [4.78, 5) is 0. The summed E-state index contributed by atoms with van der Waals surface area (Å²) in [6.07, 6.45) is 3.67. The maximum Gasteiger partial charge on any atom is 0.122 e. The Morgan fingerprint density at radius 3 is 2.95 bits per heavy atom. The number of para-hydroxylation sites is 1. The molecule has 0 saturated carbocycles. The average Bonchev–Trinajstić information content (AvgIpc) is 2.85. The molecule has 2 atom stereocenters. The molecule has 0 spiro atoms. The molecule has 0 amide bonds. The maximum atomic E-state index is 6.33. The third-order valence-electron chi connectivity index (χ3n) is 3.92. The molecule has 1 aliphatic heterocycles. The highest BCUT2D eigenvalue weighted by atomic mass is 16.5. The Balaban J connectivity index is 1.80. The van der Waals surface area contributed by atoms with E-state index < -0.39 is 0 Å². The van der Waals surface area contributed by atoms with E-state index in [0.29, 0.717) is 5.92 Å². The molecule has 2 unspecified atom stereocenters. The number of hydrogen-bond acceptors (Lipinski definition) is 3. The summed E-state index contributed by atoms with van der Waals surface area (Å²) in [6.45, 7) is 2.74. The van der Waals surface area contributed by atoms with Crippen molar-refractivity contribution in [3.05, 3.63) is 53.5 Å². The predicted molar refractivity (Wildman–Crippen MR) is 74.3 cm³/mol. The van der Waals surface area contributed by atoms with Crippen molar-refractivity contribution in [3.8, 4) is 5.75 Å². The standard InChI is InChI=1S/C16H19NO2/c1-11-13(7-9-18-11)15(17)10-12-6-8-19-16-5-3-2-4-14(12)16/h2-5,7,9,12,15H,6,8,10,17H2,1H3. The zero-order chi connectivity index (χ0) is 13.2. The van der Waals surface area contributed by atoms with Crippen LogP contribution >= 0.6 is 0 Å². The van der Waals surface area contributed by atoms with Gasteiger partial charge in [0, 0.05) is 11.6 Å². The van der Waals surface area contributed by atoms with Crippen LogP contribution in [0.1, 0.15) is 41.7 Å². The van der Waals surface area contributed by atoms with Crippen LogP contribution in [0.25, 0.3) is 0 Å². The van der Waals surface area contributed by atoms with E-state index in [0.717, 1.165) is 36.5 Å². The van der Waals surface area contributed by atoms with Crippen LogP contribution in [0.2, 0.25) is 0 Å². The van der Waals surface area contributed by atoms with Crippen LogP contribution in [-0.2, 0) is 0 Å². The van der Waals surface area contributed by atoms with Gasteiger partial charge in [0.15, 0.2) is 0 Å². The van der Waals surface area contributed by atoms with E-state index >= 15 is 0 Å². The van der Waals surface area contributed by atoms with Gasteiger partial charge < -0.3 is 14.9 Å². The molecule has 3 nitrogen and oxygen atoms in total. The largest absolute Gasteiger partial charge is 0.493 e. The molecule has 0 aliphatic carbocycles. The molecule has 3 heteroatoms. The van der Waals surface area contributed by atoms with E-state index in [2.05, 4.69) is 12.1 Å². The van der Waals surface area contributed by atoms with Gasteiger partial charge in [-0.25, -0.2) is 0 Å². The van der Waals surface area contributed by atoms with E-state index in [4.69, 9.17) is 14.9 Å². The van der Waals surface area contributed by atoms with Gasteiger partial charge in [0.1, 0.15) is 11.5 Å². The molecule has 3 rings (SSSR count). The summed E-state index contributed by atoms with van der Waals surface area (Å²) in [6, 6.07) is 10.3. The summed E-state index contributed by atoms with van der Waals surface area (Å²) in [5, 5.41) is 0. The van der Waals surface area contributed by atoms with Gasteiger partial charge in [-0.05, 0) is 43.4 Å². The second kappa shape index (κ2) is 5.10. The SMILES string of the molecule is Cc1occc1C(N)CC1CCOc2ccccc21. The Kier molecular flexibility index (Phi) is 3.30. The lowest BCUT2D eigenvalue weighted by Gasteiger charge is -2.27. The van der Waals surface area contributed by atoms with Crippen molar-refractivity contribution in [2.24, 2.45) is 5.73 Å².